The van der Waals surface area contributed by atoms with Gasteiger partial charge in [-0.1, -0.05) is 19.8 Å². The fraction of sp³-hybridized carbons (Fsp3) is 0.684. The Labute approximate surface area is 153 Å². The molecule has 0 aromatic carbocycles. The molecule has 1 aliphatic heterocycles. The zero-order chi connectivity index (χ0) is 17.2. The van der Waals surface area contributed by atoms with Crippen LogP contribution in [0.1, 0.15) is 51.3 Å². The Morgan fingerprint density at radius 3 is 2.76 bits per heavy atom. The van der Waals surface area contributed by atoms with Crippen molar-refractivity contribution in [3.63, 3.8) is 0 Å². The zero-order valence-electron chi connectivity index (χ0n) is 14.9. The van der Waals surface area contributed by atoms with Crippen LogP contribution in [0.2, 0.25) is 0 Å². The summed E-state index contributed by atoms with van der Waals surface area (Å²) in [5, 5.41) is 17.2. The van der Waals surface area contributed by atoms with Crippen molar-refractivity contribution in [1.29, 1.82) is 0 Å². The van der Waals surface area contributed by atoms with Gasteiger partial charge in [-0.05, 0) is 37.1 Å². The molecule has 2 aliphatic rings. The molecule has 6 heteroatoms. The summed E-state index contributed by atoms with van der Waals surface area (Å²) in [7, 11) is 0. The predicted molar refractivity (Wildman–Crippen MR) is 103 cm³/mol. The Morgan fingerprint density at radius 1 is 1.20 bits per heavy atom. The molecule has 4 rings (SSSR count). The topological polar surface area (TPSA) is 61.3 Å². The first kappa shape index (κ1) is 17.2. The molecular weight excluding hydrogens is 332 g/mol. The Bertz CT molecular complexity index is 711. The molecule has 136 valence electrons. The summed E-state index contributed by atoms with van der Waals surface area (Å²) in [6.45, 7) is 4.24. The molecule has 0 amide bonds. The lowest BCUT2D eigenvalue weighted by atomic mass is 9.89. The van der Waals surface area contributed by atoms with Gasteiger partial charge in [0.1, 0.15) is 16.5 Å². The van der Waals surface area contributed by atoms with Gasteiger partial charge in [0.05, 0.1) is 11.5 Å². The summed E-state index contributed by atoms with van der Waals surface area (Å²) in [6, 6.07) is 2.96. The second-order valence-corrected chi connectivity index (χ2v) is 8.25. The molecular formula is C19H28N4OS. The second kappa shape index (κ2) is 7.56. The van der Waals surface area contributed by atoms with Crippen LogP contribution >= 0.6 is 11.3 Å². The maximum Gasteiger partial charge on any atom is 0.138 e. The number of hydrogen-bond donors (Lipinski definition) is 2. The first-order valence-corrected chi connectivity index (χ1v) is 10.6. The van der Waals surface area contributed by atoms with E-state index < -0.39 is 0 Å². The van der Waals surface area contributed by atoms with Gasteiger partial charge in [0.25, 0.3) is 0 Å². The Kier molecular flexibility index (Phi) is 5.20. The van der Waals surface area contributed by atoms with Crippen molar-refractivity contribution in [2.24, 2.45) is 0 Å². The summed E-state index contributed by atoms with van der Waals surface area (Å²) in [5.41, 5.74) is 0. The van der Waals surface area contributed by atoms with Gasteiger partial charge in [-0.25, -0.2) is 9.97 Å². The first-order chi connectivity index (χ1) is 12.2. The van der Waals surface area contributed by atoms with Crippen molar-refractivity contribution in [2.45, 2.75) is 70.1 Å². The van der Waals surface area contributed by atoms with E-state index in [1.54, 1.807) is 11.3 Å². The normalized spacial score (nSPS) is 26.2. The van der Waals surface area contributed by atoms with E-state index in [0.29, 0.717) is 12.1 Å². The van der Waals surface area contributed by atoms with E-state index in [9.17, 15) is 5.11 Å². The lowest BCUT2D eigenvalue weighted by molar-refractivity contribution is 0.00993. The maximum atomic E-state index is 10.3. The van der Waals surface area contributed by atoms with E-state index in [1.165, 1.54) is 12.8 Å². The third kappa shape index (κ3) is 3.66. The smallest absolute Gasteiger partial charge is 0.138 e. The average Bonchev–Trinajstić information content (AvgIpc) is 3.12. The number of nitrogens with zero attached hydrogens (tertiary/aromatic N) is 3. The number of piperidine rings is 1. The van der Waals surface area contributed by atoms with Gasteiger partial charge in [0.15, 0.2) is 0 Å². The fourth-order valence-electron chi connectivity index (χ4n) is 4.25. The summed E-state index contributed by atoms with van der Waals surface area (Å²) in [5.74, 6) is 1.92. The van der Waals surface area contributed by atoms with Gasteiger partial charge in [0.2, 0.25) is 0 Å². The molecule has 2 atom stereocenters. The summed E-state index contributed by atoms with van der Waals surface area (Å²) in [4.78, 5) is 13.0. The number of aliphatic hydroxyl groups excluding tert-OH is 1. The van der Waals surface area contributed by atoms with Crippen LogP contribution in [0.5, 0.6) is 0 Å². The number of fused-ring (bicyclic) bond motifs is 1. The highest BCUT2D eigenvalue weighted by Crippen LogP contribution is 2.29. The largest absolute Gasteiger partial charge is 0.391 e. The maximum absolute atomic E-state index is 10.3. The van der Waals surface area contributed by atoms with E-state index in [0.717, 1.165) is 67.1 Å². The molecule has 0 spiro atoms. The van der Waals surface area contributed by atoms with Gasteiger partial charge in [-0.3, -0.25) is 4.90 Å². The number of aryl methyl sites for hydroxylation is 1. The fourth-order valence-corrected chi connectivity index (χ4v) is 5.04. The second-order valence-electron chi connectivity index (χ2n) is 7.36. The molecule has 2 fully saturated rings. The van der Waals surface area contributed by atoms with Crippen molar-refractivity contribution in [3.05, 3.63) is 17.3 Å². The summed E-state index contributed by atoms with van der Waals surface area (Å²) < 4.78 is 0. The number of aliphatic hydroxyl groups is 1. The van der Waals surface area contributed by atoms with Gasteiger partial charge in [-0.15, -0.1) is 11.3 Å². The average molecular weight is 361 g/mol. The van der Waals surface area contributed by atoms with Crippen LogP contribution < -0.4 is 5.32 Å². The molecule has 2 N–H and O–H groups in total. The van der Waals surface area contributed by atoms with Gasteiger partial charge >= 0.3 is 0 Å². The molecule has 25 heavy (non-hydrogen) atoms. The SMILES string of the molecule is CCc1nc(NC2CCN(C3CCCCC3O)CC2)c2ccsc2n1. The number of rotatable bonds is 4. The summed E-state index contributed by atoms with van der Waals surface area (Å²) in [6.07, 6.45) is 7.52. The monoisotopic (exact) mass is 360 g/mol. The minimum absolute atomic E-state index is 0.127. The van der Waals surface area contributed by atoms with Crippen LogP contribution in [0.4, 0.5) is 5.82 Å². The molecule has 0 bridgehead atoms. The lowest BCUT2D eigenvalue weighted by Gasteiger charge is -2.41. The lowest BCUT2D eigenvalue weighted by Crippen LogP contribution is -2.50. The molecule has 1 saturated heterocycles. The van der Waals surface area contributed by atoms with Crippen molar-refractivity contribution < 1.29 is 5.11 Å². The van der Waals surface area contributed by atoms with Crippen LogP contribution in [0, 0.1) is 0 Å². The Hall–Kier alpha value is -1.24. The van der Waals surface area contributed by atoms with Crippen LogP contribution in [0.25, 0.3) is 10.2 Å². The van der Waals surface area contributed by atoms with Gasteiger partial charge in [-0.2, -0.15) is 0 Å². The highest BCUT2D eigenvalue weighted by molar-refractivity contribution is 7.16. The predicted octanol–water partition coefficient (Wildman–Crippen LogP) is 3.43. The van der Waals surface area contributed by atoms with E-state index >= 15 is 0 Å². The number of nitrogens with one attached hydrogen (secondary N) is 1. The third-order valence-corrected chi connectivity index (χ3v) is 6.53. The van der Waals surface area contributed by atoms with Crippen LogP contribution in [0.3, 0.4) is 0 Å². The van der Waals surface area contributed by atoms with Gasteiger partial charge < -0.3 is 10.4 Å². The van der Waals surface area contributed by atoms with Crippen LogP contribution in [0.15, 0.2) is 11.4 Å². The van der Waals surface area contributed by atoms with Crippen LogP contribution in [-0.4, -0.2) is 51.3 Å². The Balaban J connectivity index is 1.41. The number of likely N-dealkylation sites (tertiary alicyclic amines) is 1. The molecule has 5 nitrogen and oxygen atoms in total. The van der Waals surface area contributed by atoms with E-state index in [1.807, 2.05) is 0 Å². The quantitative estimate of drug-likeness (QED) is 0.875. The molecule has 1 aliphatic carbocycles. The van der Waals surface area contributed by atoms with Gasteiger partial charge in [0, 0.05) is 31.6 Å². The van der Waals surface area contributed by atoms with E-state index in [4.69, 9.17) is 4.98 Å². The third-order valence-electron chi connectivity index (χ3n) is 5.72. The molecule has 2 aromatic heterocycles. The minimum atomic E-state index is -0.127. The number of aromatic nitrogens is 2. The molecule has 0 radical (unpaired) electrons. The highest BCUT2D eigenvalue weighted by Gasteiger charge is 2.31. The molecule has 2 unspecified atom stereocenters. The van der Waals surface area contributed by atoms with E-state index in [2.05, 4.69) is 33.6 Å². The Morgan fingerprint density at radius 2 is 2.00 bits per heavy atom. The van der Waals surface area contributed by atoms with Crippen molar-refractivity contribution >= 4 is 27.4 Å². The molecule has 1 saturated carbocycles. The molecule has 3 heterocycles. The van der Waals surface area contributed by atoms with Crippen molar-refractivity contribution in [1.82, 2.24) is 14.9 Å². The number of hydrogen-bond acceptors (Lipinski definition) is 6. The van der Waals surface area contributed by atoms with Crippen molar-refractivity contribution in [3.8, 4) is 0 Å². The van der Waals surface area contributed by atoms with Crippen LogP contribution in [-0.2, 0) is 6.42 Å². The zero-order valence-corrected chi connectivity index (χ0v) is 15.8. The first-order valence-electron chi connectivity index (χ1n) is 9.67. The number of thiophene rings is 1. The standard InChI is InChI=1S/C19H28N4OS/c1-2-17-21-18(14-9-12-25-19(14)22-17)20-13-7-10-23(11-8-13)15-5-3-4-6-16(15)24/h9,12-13,15-16,24H,2-8,10-11H2,1H3,(H,20,21,22). The summed E-state index contributed by atoms with van der Waals surface area (Å²) >= 11 is 1.69. The minimum Gasteiger partial charge on any atom is -0.391 e. The number of anilines is 1. The van der Waals surface area contributed by atoms with E-state index in [-0.39, 0.29) is 6.10 Å². The highest BCUT2D eigenvalue weighted by atomic mass is 32.1. The van der Waals surface area contributed by atoms with Crippen molar-refractivity contribution in [2.75, 3.05) is 18.4 Å². The molecule has 2 aromatic rings.